The predicted molar refractivity (Wildman–Crippen MR) is 147 cm³/mol. The molecule has 9 heteroatoms. The third-order valence-electron chi connectivity index (χ3n) is 6.56. The molecule has 0 spiro atoms. The lowest BCUT2D eigenvalue weighted by atomic mass is 10.1. The van der Waals surface area contributed by atoms with E-state index in [0.717, 1.165) is 42.3 Å². The molecular weight excluding hydrogens is 484 g/mol. The van der Waals surface area contributed by atoms with Gasteiger partial charge < -0.3 is 23.7 Å². The quantitative estimate of drug-likeness (QED) is 0.234. The number of pyridine rings is 1. The van der Waals surface area contributed by atoms with E-state index in [-0.39, 0.29) is 24.6 Å². The van der Waals surface area contributed by atoms with Crippen LogP contribution in [0.1, 0.15) is 52.0 Å². The number of aromatic nitrogens is 2. The van der Waals surface area contributed by atoms with Crippen molar-refractivity contribution in [3.63, 3.8) is 0 Å². The topological polar surface area (TPSA) is 86.1 Å². The maximum atomic E-state index is 13.6. The van der Waals surface area contributed by atoms with Gasteiger partial charge in [-0.15, -0.1) is 0 Å². The lowest BCUT2D eigenvalue weighted by Crippen LogP contribution is -2.49. The largest absolute Gasteiger partial charge is 0.493 e. The number of hydrogen-bond donors (Lipinski definition) is 0. The van der Waals surface area contributed by atoms with E-state index in [1.807, 2.05) is 55.3 Å². The van der Waals surface area contributed by atoms with Gasteiger partial charge in [0.2, 0.25) is 0 Å². The van der Waals surface area contributed by atoms with Gasteiger partial charge in [0.1, 0.15) is 12.2 Å². The summed E-state index contributed by atoms with van der Waals surface area (Å²) in [4.78, 5) is 33.9. The Morgan fingerprint density at radius 2 is 1.95 bits per heavy atom. The Morgan fingerprint density at radius 1 is 1.11 bits per heavy atom. The third kappa shape index (κ3) is 6.38. The number of anilines is 1. The van der Waals surface area contributed by atoms with Crippen molar-refractivity contribution in [2.75, 3.05) is 31.7 Å². The number of fused-ring (bicyclic) bond motifs is 1. The number of carbonyl (C=O) groups is 2. The molecule has 3 heterocycles. The monoisotopic (exact) mass is 522 g/mol. The van der Waals surface area contributed by atoms with Crippen LogP contribution in [-0.4, -0.2) is 59.4 Å². The van der Waals surface area contributed by atoms with Crippen LogP contribution >= 0.6 is 0 Å². The number of benzene rings is 1. The van der Waals surface area contributed by atoms with E-state index in [2.05, 4.69) is 11.9 Å². The molecule has 9 nitrogen and oxygen atoms in total. The van der Waals surface area contributed by atoms with Crippen LogP contribution in [0.3, 0.4) is 0 Å². The first-order chi connectivity index (χ1) is 18.4. The number of nitrogens with zero attached hydrogens (tertiary/aromatic N) is 4. The van der Waals surface area contributed by atoms with Gasteiger partial charge in [-0.1, -0.05) is 19.8 Å². The van der Waals surface area contributed by atoms with Crippen molar-refractivity contribution in [3.8, 4) is 11.5 Å². The van der Waals surface area contributed by atoms with Crippen molar-refractivity contribution in [2.24, 2.45) is 0 Å². The number of hydrogen-bond acceptors (Lipinski definition) is 6. The molecule has 2 amide bonds. The standard InChI is InChI=1S/C29H38N4O5/c1-5-6-7-17-37-26-18-23(9-10-25(26)36-4)33-15-8-14-32(29(33)35)19-22-11-13-30-28-24(22)12-16-31(28)20-27(34)38-21(2)3/h9-13,16,18,21H,5-8,14-15,17,19-20H2,1-4H3. The van der Waals surface area contributed by atoms with Crippen LogP contribution in [0.5, 0.6) is 11.5 Å². The van der Waals surface area contributed by atoms with Gasteiger partial charge >= 0.3 is 12.0 Å². The molecule has 38 heavy (non-hydrogen) atoms. The summed E-state index contributed by atoms with van der Waals surface area (Å²) >= 11 is 0. The van der Waals surface area contributed by atoms with E-state index in [0.29, 0.717) is 43.4 Å². The molecule has 1 aliphatic heterocycles. The fourth-order valence-electron chi connectivity index (χ4n) is 4.70. The van der Waals surface area contributed by atoms with Gasteiger partial charge in [0.25, 0.3) is 0 Å². The van der Waals surface area contributed by atoms with E-state index >= 15 is 0 Å². The molecule has 0 saturated carbocycles. The summed E-state index contributed by atoms with van der Waals surface area (Å²) in [6, 6.07) is 9.48. The van der Waals surface area contributed by atoms with Gasteiger partial charge in [0.15, 0.2) is 11.5 Å². The lowest BCUT2D eigenvalue weighted by Gasteiger charge is -2.36. The number of amides is 2. The van der Waals surface area contributed by atoms with Gasteiger partial charge in [-0.3, -0.25) is 9.69 Å². The average Bonchev–Trinajstić information content (AvgIpc) is 3.30. The smallest absolute Gasteiger partial charge is 0.326 e. The Kier molecular flexibility index (Phi) is 9.10. The van der Waals surface area contributed by atoms with Crippen molar-refractivity contribution in [2.45, 2.75) is 65.6 Å². The van der Waals surface area contributed by atoms with Crippen molar-refractivity contribution < 1.29 is 23.8 Å². The highest BCUT2D eigenvalue weighted by Crippen LogP contribution is 2.33. The summed E-state index contributed by atoms with van der Waals surface area (Å²) in [6.07, 6.45) is 7.44. The molecule has 204 valence electrons. The molecule has 0 atom stereocenters. The van der Waals surface area contributed by atoms with Crippen LogP contribution in [0.25, 0.3) is 11.0 Å². The molecule has 0 unspecified atom stereocenters. The fraction of sp³-hybridized carbons (Fsp3) is 0.483. The normalized spacial score (nSPS) is 13.9. The Labute approximate surface area is 224 Å². The highest BCUT2D eigenvalue weighted by molar-refractivity contribution is 5.93. The second-order valence-corrected chi connectivity index (χ2v) is 9.79. The average molecular weight is 523 g/mol. The summed E-state index contributed by atoms with van der Waals surface area (Å²) in [7, 11) is 1.62. The first-order valence-electron chi connectivity index (χ1n) is 13.4. The minimum Gasteiger partial charge on any atom is -0.493 e. The van der Waals surface area contributed by atoms with Crippen LogP contribution in [0, 0.1) is 0 Å². The number of methoxy groups -OCH3 is 1. The Bertz CT molecular complexity index is 1250. The first-order valence-corrected chi connectivity index (χ1v) is 13.4. The number of urea groups is 1. The number of rotatable bonds is 12. The highest BCUT2D eigenvalue weighted by atomic mass is 16.5. The van der Waals surface area contributed by atoms with E-state index in [4.69, 9.17) is 14.2 Å². The number of esters is 1. The van der Waals surface area contributed by atoms with Gasteiger partial charge in [0.05, 0.1) is 19.8 Å². The second-order valence-electron chi connectivity index (χ2n) is 9.79. The number of ether oxygens (including phenoxy) is 3. The van der Waals surface area contributed by atoms with Crippen molar-refractivity contribution in [3.05, 3.63) is 48.3 Å². The molecular formula is C29H38N4O5. The maximum absolute atomic E-state index is 13.6. The van der Waals surface area contributed by atoms with Crippen LogP contribution in [0.4, 0.5) is 10.5 Å². The first kappa shape index (κ1) is 27.3. The van der Waals surface area contributed by atoms with E-state index < -0.39 is 0 Å². The second kappa shape index (κ2) is 12.7. The van der Waals surface area contributed by atoms with E-state index in [1.54, 1.807) is 22.8 Å². The Balaban J connectivity index is 1.50. The predicted octanol–water partition coefficient (Wildman–Crippen LogP) is 5.40. The zero-order chi connectivity index (χ0) is 27.1. The SMILES string of the molecule is CCCCCOc1cc(N2CCCN(Cc3ccnc4c3ccn4CC(=O)OC(C)C)C2=O)ccc1OC. The molecule has 0 bridgehead atoms. The van der Waals surface area contributed by atoms with E-state index in [9.17, 15) is 9.59 Å². The van der Waals surface area contributed by atoms with E-state index in [1.165, 1.54) is 0 Å². The summed E-state index contributed by atoms with van der Waals surface area (Å²) in [5.74, 6) is 1.01. The Hall–Kier alpha value is -3.75. The minimum atomic E-state index is -0.306. The number of unbranched alkanes of at least 4 members (excludes halogenated alkanes) is 2. The molecule has 1 saturated heterocycles. The van der Waals surface area contributed by atoms with Crippen molar-refractivity contribution in [1.82, 2.24) is 14.5 Å². The molecule has 1 aliphatic rings. The highest BCUT2D eigenvalue weighted by Gasteiger charge is 2.28. The van der Waals surface area contributed by atoms with Crippen molar-refractivity contribution in [1.29, 1.82) is 0 Å². The van der Waals surface area contributed by atoms with Crippen LogP contribution in [0.15, 0.2) is 42.7 Å². The Morgan fingerprint density at radius 3 is 2.71 bits per heavy atom. The summed E-state index contributed by atoms with van der Waals surface area (Å²) in [5.41, 5.74) is 2.47. The molecule has 4 rings (SSSR count). The molecule has 0 N–H and O–H groups in total. The molecule has 1 aromatic carbocycles. The summed E-state index contributed by atoms with van der Waals surface area (Å²) < 4.78 is 18.6. The molecule has 1 fully saturated rings. The van der Waals surface area contributed by atoms with Gasteiger partial charge in [0, 0.05) is 49.2 Å². The molecule has 0 aliphatic carbocycles. The molecule has 3 aromatic rings. The zero-order valence-corrected chi connectivity index (χ0v) is 22.8. The fourth-order valence-corrected chi connectivity index (χ4v) is 4.70. The van der Waals surface area contributed by atoms with Crippen LogP contribution in [0.2, 0.25) is 0 Å². The van der Waals surface area contributed by atoms with Crippen LogP contribution < -0.4 is 14.4 Å². The maximum Gasteiger partial charge on any atom is 0.326 e. The van der Waals surface area contributed by atoms with Crippen molar-refractivity contribution >= 4 is 28.7 Å². The molecule has 0 radical (unpaired) electrons. The summed E-state index contributed by atoms with van der Waals surface area (Å²) in [6.45, 7) is 8.27. The van der Waals surface area contributed by atoms with Gasteiger partial charge in [-0.2, -0.15) is 0 Å². The lowest BCUT2D eigenvalue weighted by molar-refractivity contribution is -0.148. The molecule has 2 aromatic heterocycles. The minimum absolute atomic E-state index is 0.0525. The van der Waals surface area contributed by atoms with Gasteiger partial charge in [-0.25, -0.2) is 9.78 Å². The summed E-state index contributed by atoms with van der Waals surface area (Å²) in [5, 5.41) is 0.919. The van der Waals surface area contributed by atoms with Gasteiger partial charge in [-0.05, 0) is 56.5 Å². The van der Waals surface area contributed by atoms with Crippen LogP contribution in [-0.2, 0) is 22.6 Å². The zero-order valence-electron chi connectivity index (χ0n) is 22.8. The number of carbonyl (C=O) groups excluding carboxylic acids is 2. The third-order valence-corrected chi connectivity index (χ3v) is 6.56.